The van der Waals surface area contributed by atoms with Crippen LogP contribution in [0.4, 0.5) is 0 Å². The quantitative estimate of drug-likeness (QED) is 0.139. The van der Waals surface area contributed by atoms with E-state index in [2.05, 4.69) is 0 Å². The highest BCUT2D eigenvalue weighted by atomic mass is 16.7. The van der Waals surface area contributed by atoms with Gasteiger partial charge in [-0.2, -0.15) is 0 Å². The van der Waals surface area contributed by atoms with E-state index in [-0.39, 0.29) is 11.5 Å². The molecule has 1 heterocycles. The van der Waals surface area contributed by atoms with E-state index < -0.39 is 62.6 Å². The van der Waals surface area contributed by atoms with Gasteiger partial charge in [-0.3, -0.25) is 0 Å². The molecule has 1 fully saturated rings. The number of carbonyl (C=O) groups is 1. The Hall–Kier alpha value is -2.25. The summed E-state index contributed by atoms with van der Waals surface area (Å²) in [6, 6.07) is 3.95. The van der Waals surface area contributed by atoms with Crippen molar-refractivity contribution < 1.29 is 54.8 Å². The van der Waals surface area contributed by atoms with Crippen molar-refractivity contribution in [2.45, 2.75) is 36.8 Å². The number of rotatable bonds is 8. The zero-order valence-electron chi connectivity index (χ0n) is 15.2. The second-order valence-electron chi connectivity index (χ2n) is 6.40. The molecule has 1 aliphatic heterocycles. The molecule has 2 rings (SSSR count). The highest BCUT2D eigenvalue weighted by Crippen LogP contribution is 2.25. The first-order valence-corrected chi connectivity index (χ1v) is 8.70. The van der Waals surface area contributed by atoms with Gasteiger partial charge in [-0.05, 0) is 23.8 Å². The molecule has 0 aromatic heterocycles. The van der Waals surface area contributed by atoms with Gasteiger partial charge in [0.2, 0.25) is 0 Å². The van der Waals surface area contributed by atoms with Crippen molar-refractivity contribution in [2.24, 2.45) is 0 Å². The van der Waals surface area contributed by atoms with Crippen molar-refractivity contribution in [3.8, 4) is 11.5 Å². The van der Waals surface area contributed by atoms with E-state index in [0.29, 0.717) is 5.56 Å². The Kier molecular flexibility index (Phi) is 8.34. The highest BCUT2D eigenvalue weighted by molar-refractivity contribution is 5.87. The van der Waals surface area contributed by atoms with Crippen molar-refractivity contribution in [3.05, 3.63) is 29.8 Å². The number of aromatic hydroxyl groups is 2. The Balaban J connectivity index is 1.76. The number of phenols is 2. The molecular weight excluding hydrogens is 392 g/mol. The van der Waals surface area contributed by atoms with Crippen LogP contribution in [-0.4, -0.2) is 98.3 Å². The van der Waals surface area contributed by atoms with Crippen LogP contribution < -0.4 is 0 Å². The summed E-state index contributed by atoms with van der Waals surface area (Å²) >= 11 is 0. The third-order valence-electron chi connectivity index (χ3n) is 4.13. The van der Waals surface area contributed by atoms with Crippen LogP contribution in [-0.2, 0) is 19.0 Å². The van der Waals surface area contributed by atoms with Gasteiger partial charge >= 0.3 is 5.97 Å². The number of phenolic OH excluding ortho intramolecular Hbond substituents is 2. The standard InChI is InChI=1S/C18H24O11/c19-6-13-15(24)16(25)17(26)18(29-13)28-8-10(20)7-27-14(23)4-2-9-1-3-11(21)12(22)5-9/h1-5,10,13,15-22,24-26H,6-8H2/b4-2+/t10-,13?,15+,16+,17?,18-/m1/s1. The average molecular weight is 416 g/mol. The van der Waals surface area contributed by atoms with E-state index in [1.807, 2.05) is 0 Å². The van der Waals surface area contributed by atoms with Crippen molar-refractivity contribution in [2.75, 3.05) is 19.8 Å². The van der Waals surface area contributed by atoms with E-state index in [4.69, 9.17) is 19.3 Å². The van der Waals surface area contributed by atoms with Crippen molar-refractivity contribution in [1.82, 2.24) is 0 Å². The van der Waals surface area contributed by atoms with Crippen molar-refractivity contribution >= 4 is 12.0 Å². The van der Waals surface area contributed by atoms with Gasteiger partial charge in [-0.25, -0.2) is 4.79 Å². The third kappa shape index (κ3) is 6.37. The van der Waals surface area contributed by atoms with Gasteiger partial charge in [0.25, 0.3) is 0 Å². The van der Waals surface area contributed by atoms with Crippen LogP contribution in [0.1, 0.15) is 5.56 Å². The van der Waals surface area contributed by atoms with E-state index >= 15 is 0 Å². The lowest BCUT2D eigenvalue weighted by atomic mass is 9.99. The van der Waals surface area contributed by atoms with Crippen LogP contribution in [0.5, 0.6) is 11.5 Å². The van der Waals surface area contributed by atoms with Crippen LogP contribution >= 0.6 is 0 Å². The monoisotopic (exact) mass is 416 g/mol. The summed E-state index contributed by atoms with van der Waals surface area (Å²) in [5, 5.41) is 66.6. The van der Waals surface area contributed by atoms with Gasteiger partial charge < -0.3 is 50.0 Å². The Morgan fingerprint density at radius 3 is 2.48 bits per heavy atom. The molecular formula is C18H24O11. The summed E-state index contributed by atoms with van der Waals surface area (Å²) in [6.45, 7) is -1.48. The molecule has 162 valence electrons. The van der Waals surface area contributed by atoms with Crippen LogP contribution in [0, 0.1) is 0 Å². The van der Waals surface area contributed by atoms with Gasteiger partial charge in [0.1, 0.15) is 37.1 Å². The van der Waals surface area contributed by atoms with Crippen LogP contribution in [0.15, 0.2) is 24.3 Å². The fraction of sp³-hybridized carbons (Fsp3) is 0.500. The number of esters is 1. The second kappa shape index (κ2) is 10.5. The molecule has 0 amide bonds. The topological polar surface area (TPSA) is 186 Å². The predicted octanol–water partition coefficient (Wildman–Crippen LogP) is -2.17. The van der Waals surface area contributed by atoms with Gasteiger partial charge in [-0.15, -0.1) is 0 Å². The Morgan fingerprint density at radius 2 is 1.83 bits per heavy atom. The first-order valence-electron chi connectivity index (χ1n) is 8.70. The molecule has 6 atom stereocenters. The molecule has 0 spiro atoms. The summed E-state index contributed by atoms with van der Waals surface area (Å²) in [7, 11) is 0. The van der Waals surface area contributed by atoms with E-state index in [1.165, 1.54) is 24.3 Å². The second-order valence-corrected chi connectivity index (χ2v) is 6.40. The molecule has 1 saturated heterocycles. The number of ether oxygens (including phenoxy) is 3. The first kappa shape index (κ1) is 23.0. The lowest BCUT2D eigenvalue weighted by Crippen LogP contribution is -2.59. The molecule has 7 N–H and O–H groups in total. The minimum atomic E-state index is -1.61. The molecule has 0 aliphatic carbocycles. The van der Waals surface area contributed by atoms with Crippen LogP contribution in [0.25, 0.3) is 6.08 Å². The molecule has 0 saturated carbocycles. The fourth-order valence-electron chi connectivity index (χ4n) is 2.49. The minimum absolute atomic E-state index is 0.299. The maximum Gasteiger partial charge on any atom is 0.330 e. The normalized spacial score (nSPS) is 28.4. The minimum Gasteiger partial charge on any atom is -0.504 e. The predicted molar refractivity (Wildman–Crippen MR) is 95.5 cm³/mol. The molecule has 11 heteroatoms. The molecule has 29 heavy (non-hydrogen) atoms. The third-order valence-corrected chi connectivity index (χ3v) is 4.13. The van der Waals surface area contributed by atoms with E-state index in [9.17, 15) is 35.4 Å². The Morgan fingerprint density at radius 1 is 1.10 bits per heavy atom. The Bertz CT molecular complexity index is 705. The van der Waals surface area contributed by atoms with Crippen LogP contribution in [0.2, 0.25) is 0 Å². The summed E-state index contributed by atoms with van der Waals surface area (Å²) < 4.78 is 15.1. The summed E-state index contributed by atoms with van der Waals surface area (Å²) in [5.41, 5.74) is 0.434. The maximum absolute atomic E-state index is 11.7. The average Bonchev–Trinajstić information content (AvgIpc) is 2.70. The number of benzene rings is 1. The number of hydrogen-bond donors (Lipinski definition) is 7. The SMILES string of the molecule is O=C(/C=C/c1ccc(O)c(O)c1)OC[C@@H](O)CO[C@@H]1OC(CO)[C@H](O)[C@H](O)C1O. The van der Waals surface area contributed by atoms with Crippen molar-refractivity contribution in [3.63, 3.8) is 0 Å². The largest absolute Gasteiger partial charge is 0.504 e. The summed E-state index contributed by atoms with van der Waals surface area (Å²) in [6.07, 6.45) is -6.18. The van der Waals surface area contributed by atoms with Crippen molar-refractivity contribution in [1.29, 1.82) is 0 Å². The molecule has 1 aromatic rings. The van der Waals surface area contributed by atoms with Gasteiger partial charge in [0, 0.05) is 6.08 Å². The van der Waals surface area contributed by atoms with Gasteiger partial charge in [0.15, 0.2) is 17.8 Å². The maximum atomic E-state index is 11.7. The van der Waals surface area contributed by atoms with Gasteiger partial charge in [0.05, 0.1) is 13.2 Å². The molecule has 0 bridgehead atoms. The van der Waals surface area contributed by atoms with Crippen LogP contribution in [0.3, 0.4) is 0 Å². The lowest BCUT2D eigenvalue weighted by molar-refractivity contribution is -0.304. The smallest absolute Gasteiger partial charge is 0.330 e. The Labute approximate surface area is 165 Å². The van der Waals surface area contributed by atoms with E-state index in [1.54, 1.807) is 0 Å². The number of aliphatic hydroxyl groups is 5. The zero-order chi connectivity index (χ0) is 21.6. The number of hydrogen-bond acceptors (Lipinski definition) is 11. The summed E-state index contributed by atoms with van der Waals surface area (Å²) in [4.78, 5) is 11.7. The van der Waals surface area contributed by atoms with E-state index in [0.717, 1.165) is 6.08 Å². The molecule has 11 nitrogen and oxygen atoms in total. The van der Waals surface area contributed by atoms with Gasteiger partial charge in [-0.1, -0.05) is 6.07 Å². The molecule has 0 radical (unpaired) electrons. The first-order chi connectivity index (χ1) is 13.7. The fourth-order valence-corrected chi connectivity index (χ4v) is 2.49. The molecule has 2 unspecified atom stereocenters. The zero-order valence-corrected chi connectivity index (χ0v) is 15.2. The highest BCUT2D eigenvalue weighted by Gasteiger charge is 2.44. The number of aliphatic hydroxyl groups excluding tert-OH is 5. The molecule has 1 aromatic carbocycles. The molecule has 1 aliphatic rings. The number of carbonyl (C=O) groups excluding carboxylic acids is 1. The lowest BCUT2D eigenvalue weighted by Gasteiger charge is -2.39. The summed E-state index contributed by atoms with van der Waals surface area (Å²) in [5.74, 6) is -1.43.